The van der Waals surface area contributed by atoms with Gasteiger partial charge in [0.25, 0.3) is 0 Å². The molecule has 0 aliphatic carbocycles. The van der Waals surface area contributed by atoms with E-state index in [9.17, 15) is 8.42 Å². The first-order valence-corrected chi connectivity index (χ1v) is 8.54. The fourth-order valence-electron chi connectivity index (χ4n) is 2.21. The molecule has 0 bridgehead atoms. The number of rotatable bonds is 5. The lowest BCUT2D eigenvalue weighted by molar-refractivity contribution is -0.00410. The first-order valence-electron chi connectivity index (χ1n) is 6.56. The minimum atomic E-state index is -3.38. The fourth-order valence-corrected chi connectivity index (χ4v) is 4.06. The second-order valence-corrected chi connectivity index (χ2v) is 7.15. The second-order valence-electron chi connectivity index (χ2n) is 4.78. The molecule has 0 aromatic heterocycles. The van der Waals surface area contributed by atoms with Gasteiger partial charge in [-0.25, -0.2) is 8.42 Å². The van der Waals surface area contributed by atoms with E-state index in [-0.39, 0.29) is 24.3 Å². The van der Waals surface area contributed by atoms with Crippen molar-refractivity contribution in [1.82, 2.24) is 4.31 Å². The van der Waals surface area contributed by atoms with Crippen LogP contribution in [0.2, 0.25) is 5.02 Å². The van der Waals surface area contributed by atoms with Gasteiger partial charge in [-0.3, -0.25) is 0 Å². The molecule has 1 unspecified atom stereocenters. The molecule has 1 aromatic rings. The van der Waals surface area contributed by atoms with Gasteiger partial charge in [-0.1, -0.05) is 29.8 Å². The van der Waals surface area contributed by atoms with Gasteiger partial charge >= 0.3 is 0 Å². The van der Waals surface area contributed by atoms with E-state index in [0.29, 0.717) is 43.2 Å². The number of hydrogen-bond acceptors (Lipinski definition) is 4. The summed E-state index contributed by atoms with van der Waals surface area (Å²) in [6.07, 6.45) is 0.549. The molecule has 120 valence electrons. The molecular weight excluding hydrogens is 335 g/mol. The van der Waals surface area contributed by atoms with Gasteiger partial charge in [-0.15, -0.1) is 12.4 Å². The van der Waals surface area contributed by atoms with Crippen LogP contribution in [0.3, 0.4) is 0 Å². The highest BCUT2D eigenvalue weighted by molar-refractivity contribution is 7.88. The Kier molecular flexibility index (Phi) is 7.39. The average molecular weight is 355 g/mol. The summed E-state index contributed by atoms with van der Waals surface area (Å²) in [7, 11) is -3.38. The van der Waals surface area contributed by atoms with Crippen molar-refractivity contribution < 1.29 is 13.2 Å². The van der Waals surface area contributed by atoms with E-state index in [1.165, 1.54) is 4.31 Å². The number of nitrogens with two attached hydrogens (primary N) is 1. The van der Waals surface area contributed by atoms with Crippen LogP contribution in [0.25, 0.3) is 0 Å². The van der Waals surface area contributed by atoms with Gasteiger partial charge in [0, 0.05) is 18.1 Å². The van der Waals surface area contributed by atoms with Gasteiger partial charge in [0.05, 0.1) is 18.5 Å². The Labute approximate surface area is 136 Å². The Bertz CT molecular complexity index is 552. The van der Waals surface area contributed by atoms with Crippen molar-refractivity contribution >= 4 is 34.0 Å². The summed E-state index contributed by atoms with van der Waals surface area (Å²) in [5.74, 6) is -0.0813. The topological polar surface area (TPSA) is 72.6 Å². The fraction of sp³-hybridized carbons (Fsp3) is 0.538. The van der Waals surface area contributed by atoms with E-state index >= 15 is 0 Å². The van der Waals surface area contributed by atoms with Crippen LogP contribution in [0.5, 0.6) is 0 Å². The van der Waals surface area contributed by atoms with Crippen molar-refractivity contribution in [2.24, 2.45) is 5.73 Å². The van der Waals surface area contributed by atoms with Crippen LogP contribution in [0.4, 0.5) is 0 Å². The molecule has 2 rings (SSSR count). The number of nitrogens with zero attached hydrogens (tertiary/aromatic N) is 1. The van der Waals surface area contributed by atoms with Crippen molar-refractivity contribution in [1.29, 1.82) is 0 Å². The Morgan fingerprint density at radius 1 is 1.38 bits per heavy atom. The molecule has 1 aromatic carbocycles. The molecule has 8 heteroatoms. The maximum Gasteiger partial charge on any atom is 0.218 e. The van der Waals surface area contributed by atoms with Crippen LogP contribution in [-0.2, 0) is 20.5 Å². The molecule has 0 radical (unpaired) electrons. The lowest BCUT2D eigenvalue weighted by Crippen LogP contribution is -2.46. The minimum absolute atomic E-state index is 0. The zero-order valence-corrected chi connectivity index (χ0v) is 14.0. The first kappa shape index (κ1) is 18.7. The highest BCUT2D eigenvalue weighted by atomic mass is 35.5. The van der Waals surface area contributed by atoms with E-state index < -0.39 is 10.0 Å². The number of benzene rings is 1. The molecular formula is C13H20Cl2N2O3S. The van der Waals surface area contributed by atoms with Crippen molar-refractivity contribution in [3.05, 3.63) is 34.9 Å². The quantitative estimate of drug-likeness (QED) is 0.872. The predicted molar refractivity (Wildman–Crippen MR) is 86.3 cm³/mol. The van der Waals surface area contributed by atoms with Crippen LogP contribution >= 0.6 is 24.0 Å². The van der Waals surface area contributed by atoms with E-state index in [0.717, 1.165) is 0 Å². The molecule has 1 atom stereocenters. The monoisotopic (exact) mass is 354 g/mol. The smallest absolute Gasteiger partial charge is 0.218 e. The number of hydrogen-bond donors (Lipinski definition) is 1. The Morgan fingerprint density at radius 3 is 2.76 bits per heavy atom. The van der Waals surface area contributed by atoms with Gasteiger partial charge in [0.1, 0.15) is 0 Å². The van der Waals surface area contributed by atoms with Crippen molar-refractivity contribution in [3.8, 4) is 0 Å². The third-order valence-corrected chi connectivity index (χ3v) is 5.44. The number of sulfonamides is 1. The maximum atomic E-state index is 12.4. The molecule has 0 saturated carbocycles. The number of ether oxygens (including phenoxy) is 1. The van der Waals surface area contributed by atoms with Crippen LogP contribution in [0, 0.1) is 0 Å². The summed E-state index contributed by atoms with van der Waals surface area (Å²) in [5.41, 5.74) is 6.11. The Hall–Kier alpha value is -0.370. The lowest BCUT2D eigenvalue weighted by Gasteiger charge is -2.32. The molecule has 1 saturated heterocycles. The highest BCUT2D eigenvalue weighted by Gasteiger charge is 2.29. The SMILES string of the molecule is Cl.NCCC1CN(S(=O)(=O)Cc2ccccc2Cl)CCO1. The van der Waals surface area contributed by atoms with Gasteiger partial charge in [0.15, 0.2) is 0 Å². The van der Waals surface area contributed by atoms with Crippen molar-refractivity contribution in [2.45, 2.75) is 18.3 Å². The summed E-state index contributed by atoms with van der Waals surface area (Å²) in [4.78, 5) is 0. The largest absolute Gasteiger partial charge is 0.375 e. The molecule has 5 nitrogen and oxygen atoms in total. The van der Waals surface area contributed by atoms with E-state index in [1.54, 1.807) is 24.3 Å². The third-order valence-electron chi connectivity index (χ3n) is 3.28. The van der Waals surface area contributed by atoms with Gasteiger partial charge in [-0.05, 0) is 24.6 Å². The number of morpholine rings is 1. The van der Waals surface area contributed by atoms with Crippen molar-refractivity contribution in [2.75, 3.05) is 26.2 Å². The molecule has 0 spiro atoms. The van der Waals surface area contributed by atoms with Crippen LogP contribution in [0.15, 0.2) is 24.3 Å². The summed E-state index contributed by atoms with van der Waals surface area (Å²) in [5, 5.41) is 0.475. The predicted octanol–water partition coefficient (Wildman–Crippen LogP) is 1.64. The van der Waals surface area contributed by atoms with Crippen molar-refractivity contribution in [3.63, 3.8) is 0 Å². The molecule has 1 fully saturated rings. The lowest BCUT2D eigenvalue weighted by atomic mass is 10.2. The molecule has 2 N–H and O–H groups in total. The Morgan fingerprint density at radius 2 is 2.10 bits per heavy atom. The maximum absolute atomic E-state index is 12.4. The zero-order valence-electron chi connectivity index (χ0n) is 11.6. The molecule has 1 aliphatic heterocycles. The summed E-state index contributed by atoms with van der Waals surface area (Å²) >= 11 is 6.02. The van der Waals surface area contributed by atoms with E-state index in [2.05, 4.69) is 0 Å². The summed E-state index contributed by atoms with van der Waals surface area (Å²) < 4.78 is 31.9. The summed E-state index contributed by atoms with van der Waals surface area (Å²) in [6, 6.07) is 7.00. The van der Waals surface area contributed by atoms with Crippen LogP contribution in [0.1, 0.15) is 12.0 Å². The zero-order chi connectivity index (χ0) is 14.6. The first-order chi connectivity index (χ1) is 9.53. The van der Waals surface area contributed by atoms with Crippen LogP contribution < -0.4 is 5.73 Å². The standard InChI is InChI=1S/C13H19ClN2O3S.ClH/c14-13-4-2-1-3-11(13)10-20(17,18)16-7-8-19-12(9-16)5-6-15;/h1-4,12H,5-10,15H2;1H. The second kappa shape index (κ2) is 8.31. The average Bonchev–Trinajstić information content (AvgIpc) is 2.42. The molecule has 0 amide bonds. The molecule has 1 aliphatic rings. The summed E-state index contributed by atoms with van der Waals surface area (Å²) in [6.45, 7) is 1.65. The molecule has 21 heavy (non-hydrogen) atoms. The highest BCUT2D eigenvalue weighted by Crippen LogP contribution is 2.21. The van der Waals surface area contributed by atoms with Gasteiger partial charge in [-0.2, -0.15) is 4.31 Å². The minimum Gasteiger partial charge on any atom is -0.375 e. The Balaban J connectivity index is 0.00000220. The normalized spacial score (nSPS) is 20.0. The molecule has 1 heterocycles. The number of halogens is 2. The van der Waals surface area contributed by atoms with Gasteiger partial charge in [0.2, 0.25) is 10.0 Å². The van der Waals surface area contributed by atoms with E-state index in [4.69, 9.17) is 22.1 Å². The van der Waals surface area contributed by atoms with E-state index in [1.807, 2.05) is 0 Å². The van der Waals surface area contributed by atoms with Crippen LogP contribution in [-0.4, -0.2) is 45.1 Å². The third kappa shape index (κ3) is 5.09. The van der Waals surface area contributed by atoms with Gasteiger partial charge < -0.3 is 10.5 Å².